The van der Waals surface area contributed by atoms with E-state index in [1.807, 2.05) is 20.8 Å². The first-order chi connectivity index (χ1) is 16.9. The minimum atomic E-state index is -1.22. The average molecular weight is 503 g/mol. The van der Waals surface area contributed by atoms with Gasteiger partial charge in [-0.15, -0.1) is 0 Å². The molecule has 0 saturated carbocycles. The molecule has 0 aliphatic carbocycles. The van der Waals surface area contributed by atoms with Crippen molar-refractivity contribution < 1.29 is 28.2 Å². The quantitative estimate of drug-likeness (QED) is 0.502. The first-order valence-electron chi connectivity index (χ1n) is 11.3. The van der Waals surface area contributed by atoms with E-state index in [9.17, 15) is 23.2 Å². The van der Waals surface area contributed by atoms with Crippen molar-refractivity contribution in [1.82, 2.24) is 14.5 Å². The number of carboxylic acids is 1. The number of nitrogen functional groups attached to an aromatic ring is 1. The highest BCUT2D eigenvalue weighted by Gasteiger charge is 2.29. The monoisotopic (exact) mass is 502 g/mol. The summed E-state index contributed by atoms with van der Waals surface area (Å²) in [5.74, 6) is -2.29. The molecule has 0 spiro atoms. The predicted octanol–water partition coefficient (Wildman–Crippen LogP) is 4.21. The number of hydrogen-bond acceptors (Lipinski definition) is 6. The number of nitrogens with two attached hydrogens (primary N) is 1. The molecule has 4 rings (SSSR count). The highest BCUT2D eigenvalue weighted by molar-refractivity contribution is 5.93. The summed E-state index contributed by atoms with van der Waals surface area (Å²) in [5, 5.41) is 8.69. The molecule has 1 atom stereocenters. The van der Waals surface area contributed by atoms with E-state index in [1.54, 1.807) is 4.90 Å². The number of amides is 1. The summed E-state index contributed by atoms with van der Waals surface area (Å²) in [6.07, 6.45) is 2.61. The van der Waals surface area contributed by atoms with E-state index < -0.39 is 23.2 Å². The number of halogens is 2. The molecule has 1 fully saturated rings. The van der Waals surface area contributed by atoms with Gasteiger partial charge in [-0.3, -0.25) is 9.36 Å². The molecule has 2 heterocycles. The SMILES string of the molecule is CC(C)(C)OC(=O)N1CCC[C@@H](n2cnc3ccc(F)cc3c2=O)C1.Nc1ccc(F)cc1C(=O)O. The molecule has 1 aliphatic heterocycles. The Labute approximate surface area is 206 Å². The molecule has 36 heavy (non-hydrogen) atoms. The number of carboxylic acid groups (broad SMARTS) is 1. The van der Waals surface area contributed by atoms with E-state index in [-0.39, 0.29) is 34.3 Å². The number of fused-ring (bicyclic) bond motifs is 1. The molecule has 0 unspecified atom stereocenters. The number of aromatic carboxylic acids is 1. The number of carbonyl (C=O) groups excluding carboxylic acids is 1. The first kappa shape index (κ1) is 26.6. The summed E-state index contributed by atoms with van der Waals surface area (Å²) in [6, 6.07) is 7.00. The molecule has 9 nitrogen and oxygen atoms in total. The van der Waals surface area contributed by atoms with Crippen molar-refractivity contribution >= 4 is 28.7 Å². The van der Waals surface area contributed by atoms with Crippen molar-refractivity contribution in [2.75, 3.05) is 18.8 Å². The maximum Gasteiger partial charge on any atom is 0.410 e. The Bertz CT molecular complexity index is 1340. The van der Waals surface area contributed by atoms with Gasteiger partial charge in [-0.25, -0.2) is 23.4 Å². The van der Waals surface area contributed by atoms with Crippen LogP contribution in [-0.4, -0.2) is 50.3 Å². The van der Waals surface area contributed by atoms with Gasteiger partial charge >= 0.3 is 12.1 Å². The number of rotatable bonds is 2. The molecule has 192 valence electrons. The molecule has 0 radical (unpaired) electrons. The maximum absolute atomic E-state index is 13.5. The zero-order valence-corrected chi connectivity index (χ0v) is 20.2. The lowest BCUT2D eigenvalue weighted by molar-refractivity contribution is 0.0171. The molecule has 1 aliphatic rings. The van der Waals surface area contributed by atoms with Crippen LogP contribution in [0.25, 0.3) is 10.9 Å². The van der Waals surface area contributed by atoms with Gasteiger partial charge in [0.2, 0.25) is 0 Å². The Balaban J connectivity index is 0.000000275. The topological polar surface area (TPSA) is 128 Å². The molecule has 11 heteroatoms. The fraction of sp³-hybridized carbons (Fsp3) is 0.360. The molecule has 2 aromatic carbocycles. The molecular weight excluding hydrogens is 474 g/mol. The number of carbonyl (C=O) groups is 2. The zero-order chi connectivity index (χ0) is 26.6. The van der Waals surface area contributed by atoms with Crippen LogP contribution in [0.5, 0.6) is 0 Å². The Kier molecular flexibility index (Phi) is 7.91. The average Bonchev–Trinajstić information content (AvgIpc) is 2.80. The van der Waals surface area contributed by atoms with Crippen LogP contribution < -0.4 is 11.3 Å². The molecule has 3 aromatic rings. The van der Waals surface area contributed by atoms with Gasteiger partial charge in [0.15, 0.2) is 0 Å². The van der Waals surface area contributed by atoms with Gasteiger partial charge in [0.25, 0.3) is 5.56 Å². The summed E-state index contributed by atoms with van der Waals surface area (Å²) in [6.45, 7) is 6.42. The lowest BCUT2D eigenvalue weighted by atomic mass is 10.1. The van der Waals surface area contributed by atoms with Gasteiger partial charge in [0, 0.05) is 18.8 Å². The van der Waals surface area contributed by atoms with Gasteiger partial charge in [0.1, 0.15) is 17.2 Å². The van der Waals surface area contributed by atoms with Crippen LogP contribution in [0.1, 0.15) is 50.0 Å². The van der Waals surface area contributed by atoms with E-state index in [4.69, 9.17) is 15.6 Å². The molecular formula is C25H28F2N4O5. The number of piperidine rings is 1. The lowest BCUT2D eigenvalue weighted by Gasteiger charge is -2.34. The highest BCUT2D eigenvalue weighted by Crippen LogP contribution is 2.23. The second-order valence-electron chi connectivity index (χ2n) is 9.38. The Morgan fingerprint density at radius 2 is 1.81 bits per heavy atom. The van der Waals surface area contributed by atoms with Crippen LogP contribution >= 0.6 is 0 Å². The molecule has 1 aromatic heterocycles. The smallest absolute Gasteiger partial charge is 0.410 e. The Morgan fingerprint density at radius 3 is 2.44 bits per heavy atom. The van der Waals surface area contributed by atoms with E-state index in [1.165, 1.54) is 35.2 Å². The van der Waals surface area contributed by atoms with Crippen LogP contribution in [0, 0.1) is 11.6 Å². The van der Waals surface area contributed by atoms with Crippen molar-refractivity contribution in [1.29, 1.82) is 0 Å². The van der Waals surface area contributed by atoms with E-state index >= 15 is 0 Å². The van der Waals surface area contributed by atoms with Gasteiger partial charge < -0.3 is 20.5 Å². The minimum absolute atomic E-state index is 0.0684. The second-order valence-corrected chi connectivity index (χ2v) is 9.38. The van der Waals surface area contributed by atoms with Crippen molar-refractivity contribution in [2.24, 2.45) is 0 Å². The number of nitrogens with zero attached hydrogens (tertiary/aromatic N) is 3. The number of benzene rings is 2. The summed E-state index contributed by atoms with van der Waals surface area (Å²) >= 11 is 0. The van der Waals surface area contributed by atoms with Crippen LogP contribution in [0.15, 0.2) is 47.5 Å². The number of aromatic nitrogens is 2. The fourth-order valence-electron chi connectivity index (χ4n) is 3.76. The van der Waals surface area contributed by atoms with Crippen LogP contribution in [0.4, 0.5) is 19.3 Å². The number of ether oxygens (including phenoxy) is 1. The molecule has 0 bridgehead atoms. The lowest BCUT2D eigenvalue weighted by Crippen LogP contribution is -2.45. The van der Waals surface area contributed by atoms with E-state index in [0.717, 1.165) is 25.0 Å². The van der Waals surface area contributed by atoms with E-state index in [0.29, 0.717) is 18.6 Å². The number of hydrogen-bond donors (Lipinski definition) is 2. The summed E-state index contributed by atoms with van der Waals surface area (Å²) in [5.41, 5.74) is 4.71. The molecule has 1 saturated heterocycles. The summed E-state index contributed by atoms with van der Waals surface area (Å²) in [7, 11) is 0. The largest absolute Gasteiger partial charge is 0.478 e. The third kappa shape index (κ3) is 6.55. The Hall–Kier alpha value is -4.02. The fourth-order valence-corrected chi connectivity index (χ4v) is 3.76. The van der Waals surface area contributed by atoms with Crippen molar-refractivity contribution in [3.63, 3.8) is 0 Å². The third-order valence-corrected chi connectivity index (χ3v) is 5.43. The van der Waals surface area contributed by atoms with E-state index in [2.05, 4.69) is 4.98 Å². The molecule has 3 N–H and O–H groups in total. The van der Waals surface area contributed by atoms with Crippen molar-refractivity contribution in [3.8, 4) is 0 Å². The van der Waals surface area contributed by atoms with Gasteiger partial charge in [-0.1, -0.05) is 0 Å². The van der Waals surface area contributed by atoms with Crippen molar-refractivity contribution in [3.05, 3.63) is 70.3 Å². The minimum Gasteiger partial charge on any atom is -0.478 e. The molecule has 1 amide bonds. The van der Waals surface area contributed by atoms with Crippen LogP contribution in [0.2, 0.25) is 0 Å². The summed E-state index contributed by atoms with van der Waals surface area (Å²) < 4.78 is 32.8. The Morgan fingerprint density at radius 1 is 1.14 bits per heavy atom. The van der Waals surface area contributed by atoms with Crippen LogP contribution in [-0.2, 0) is 4.74 Å². The maximum atomic E-state index is 13.5. The zero-order valence-electron chi connectivity index (χ0n) is 20.2. The third-order valence-electron chi connectivity index (χ3n) is 5.43. The standard InChI is InChI=1S/C18H22FN3O3.C7H6FNO2/c1-18(2,3)25-17(24)21-8-4-5-13(10-21)22-11-20-15-7-6-12(19)9-14(15)16(22)23;8-4-1-2-6(9)5(3-4)7(10)11/h6-7,9,11,13H,4-5,8,10H2,1-3H3;1-3H,9H2,(H,10,11)/t13-;/m1./s1. The predicted molar refractivity (Wildman–Crippen MR) is 130 cm³/mol. The normalized spacial score (nSPS) is 15.7. The van der Waals surface area contributed by atoms with Gasteiger partial charge in [-0.05, 0) is 70.0 Å². The number of anilines is 1. The first-order valence-corrected chi connectivity index (χ1v) is 11.3. The highest BCUT2D eigenvalue weighted by atomic mass is 19.1. The van der Waals surface area contributed by atoms with Crippen molar-refractivity contribution in [2.45, 2.75) is 45.3 Å². The summed E-state index contributed by atoms with van der Waals surface area (Å²) in [4.78, 5) is 41.2. The number of likely N-dealkylation sites (tertiary alicyclic amines) is 1. The van der Waals surface area contributed by atoms with Gasteiger partial charge in [0.05, 0.1) is 28.8 Å². The van der Waals surface area contributed by atoms with Crippen LogP contribution in [0.3, 0.4) is 0 Å². The second kappa shape index (κ2) is 10.7. The van der Waals surface area contributed by atoms with Gasteiger partial charge in [-0.2, -0.15) is 0 Å².